The molecular formula is C8H13N2O3+. The van der Waals surface area contributed by atoms with Crippen LogP contribution in [0.4, 0.5) is 0 Å². The zero-order valence-corrected chi connectivity index (χ0v) is 7.51. The smallest absolute Gasteiger partial charge is 0.346 e. The van der Waals surface area contributed by atoms with Gasteiger partial charge in [-0.1, -0.05) is 0 Å². The van der Waals surface area contributed by atoms with E-state index in [0.717, 1.165) is 6.54 Å². The first-order valence-corrected chi connectivity index (χ1v) is 3.98. The first-order chi connectivity index (χ1) is 6.22. The van der Waals surface area contributed by atoms with E-state index in [1.807, 2.05) is 10.8 Å². The average molecular weight is 185 g/mol. The maximum atomic E-state index is 10.3. The summed E-state index contributed by atoms with van der Waals surface area (Å²) in [6, 6.07) is 0. The van der Waals surface area contributed by atoms with E-state index >= 15 is 0 Å². The highest BCUT2D eigenvalue weighted by Crippen LogP contribution is 1.84. The van der Waals surface area contributed by atoms with Gasteiger partial charge in [0.1, 0.15) is 18.9 Å². The van der Waals surface area contributed by atoms with Gasteiger partial charge < -0.3 is 9.84 Å². The quantitative estimate of drug-likeness (QED) is 0.629. The number of ether oxygens (including phenoxy) is 1. The molecule has 5 nitrogen and oxygen atoms in total. The molecule has 0 radical (unpaired) electrons. The van der Waals surface area contributed by atoms with Gasteiger partial charge in [0.25, 0.3) is 0 Å². The van der Waals surface area contributed by atoms with Gasteiger partial charge in [0.15, 0.2) is 6.54 Å². The molecule has 1 heterocycles. The number of aromatic nitrogens is 2. The molecule has 0 spiro atoms. The molecule has 5 heteroatoms. The summed E-state index contributed by atoms with van der Waals surface area (Å²) in [6.07, 6.45) is 5.29. The van der Waals surface area contributed by atoms with Crippen LogP contribution in [0.1, 0.15) is 0 Å². The molecule has 0 atom stereocenters. The molecule has 0 saturated heterocycles. The van der Waals surface area contributed by atoms with Gasteiger partial charge in [0, 0.05) is 7.11 Å². The maximum Gasteiger partial charge on any atom is 0.346 e. The molecule has 0 aliphatic carbocycles. The molecule has 0 aliphatic rings. The molecule has 0 unspecified atom stereocenters. The molecule has 0 bridgehead atoms. The summed E-state index contributed by atoms with van der Waals surface area (Å²) in [4.78, 5) is 10.3. The number of rotatable bonds is 5. The van der Waals surface area contributed by atoms with Crippen LogP contribution in [0.5, 0.6) is 0 Å². The lowest BCUT2D eigenvalue weighted by Gasteiger charge is -1.93. The Kier molecular flexibility index (Phi) is 3.45. The minimum Gasteiger partial charge on any atom is -0.478 e. The van der Waals surface area contributed by atoms with E-state index in [2.05, 4.69) is 0 Å². The normalized spacial score (nSPS) is 10.2. The molecule has 0 amide bonds. The van der Waals surface area contributed by atoms with Crippen molar-refractivity contribution in [3.8, 4) is 0 Å². The fourth-order valence-corrected chi connectivity index (χ4v) is 1.02. The molecular weight excluding hydrogens is 172 g/mol. The summed E-state index contributed by atoms with van der Waals surface area (Å²) in [5, 5.41) is 8.50. The number of hydrogen-bond acceptors (Lipinski definition) is 2. The van der Waals surface area contributed by atoms with E-state index in [1.165, 1.54) is 0 Å². The number of hydrogen-bond donors (Lipinski definition) is 1. The zero-order valence-electron chi connectivity index (χ0n) is 7.51. The van der Waals surface area contributed by atoms with Gasteiger partial charge in [-0.3, -0.25) is 0 Å². The highest BCUT2D eigenvalue weighted by atomic mass is 16.5. The van der Waals surface area contributed by atoms with Crippen LogP contribution in [-0.4, -0.2) is 29.4 Å². The van der Waals surface area contributed by atoms with Crippen LogP contribution >= 0.6 is 0 Å². The number of carboxylic acid groups (broad SMARTS) is 1. The van der Waals surface area contributed by atoms with Crippen LogP contribution in [0, 0.1) is 0 Å². The van der Waals surface area contributed by atoms with Crippen LogP contribution in [0.3, 0.4) is 0 Å². The summed E-state index contributed by atoms with van der Waals surface area (Å²) in [7, 11) is 1.63. The summed E-state index contributed by atoms with van der Waals surface area (Å²) < 4.78 is 8.38. The zero-order chi connectivity index (χ0) is 9.68. The summed E-state index contributed by atoms with van der Waals surface area (Å²) >= 11 is 0. The van der Waals surface area contributed by atoms with Crippen molar-refractivity contribution in [1.29, 1.82) is 0 Å². The molecule has 1 N–H and O–H groups in total. The maximum absolute atomic E-state index is 10.3. The molecule has 0 fully saturated rings. The average Bonchev–Trinajstić information content (AvgIpc) is 2.48. The lowest BCUT2D eigenvalue weighted by atomic mass is 10.6. The van der Waals surface area contributed by atoms with Gasteiger partial charge >= 0.3 is 5.97 Å². The third kappa shape index (κ3) is 3.25. The minimum atomic E-state index is -0.838. The van der Waals surface area contributed by atoms with Gasteiger partial charge in [-0.15, -0.1) is 0 Å². The Morgan fingerprint density at radius 1 is 1.69 bits per heavy atom. The highest BCUT2D eigenvalue weighted by Gasteiger charge is 2.06. The fourth-order valence-electron chi connectivity index (χ4n) is 1.02. The molecule has 1 aromatic heterocycles. The summed E-state index contributed by atoms with van der Waals surface area (Å²) in [6.45, 7) is 1.37. The summed E-state index contributed by atoms with van der Waals surface area (Å²) in [5.41, 5.74) is 0. The molecule has 1 rings (SSSR count). The van der Waals surface area contributed by atoms with Gasteiger partial charge in [0.2, 0.25) is 6.33 Å². The Hall–Kier alpha value is -1.36. The lowest BCUT2D eigenvalue weighted by Crippen LogP contribution is -2.35. The number of carbonyl (C=O) groups is 1. The van der Waals surface area contributed by atoms with Crippen molar-refractivity contribution in [2.24, 2.45) is 0 Å². The first-order valence-electron chi connectivity index (χ1n) is 3.98. The van der Waals surface area contributed by atoms with E-state index in [9.17, 15) is 4.79 Å². The Labute approximate surface area is 76.2 Å². The molecule has 72 valence electrons. The van der Waals surface area contributed by atoms with Crippen molar-refractivity contribution in [1.82, 2.24) is 4.57 Å². The Morgan fingerprint density at radius 2 is 2.46 bits per heavy atom. The SMILES string of the molecule is COCCn1cc[n+](CC(=O)O)c1. The number of methoxy groups -OCH3 is 1. The second-order valence-corrected chi connectivity index (χ2v) is 2.71. The predicted octanol–water partition coefficient (Wildman–Crippen LogP) is -0.493. The van der Waals surface area contributed by atoms with E-state index in [4.69, 9.17) is 9.84 Å². The second-order valence-electron chi connectivity index (χ2n) is 2.71. The van der Waals surface area contributed by atoms with Gasteiger partial charge in [-0.2, -0.15) is 0 Å². The van der Waals surface area contributed by atoms with Crippen LogP contribution < -0.4 is 4.57 Å². The van der Waals surface area contributed by atoms with Crippen molar-refractivity contribution < 1.29 is 19.2 Å². The van der Waals surface area contributed by atoms with Crippen molar-refractivity contribution in [2.75, 3.05) is 13.7 Å². The molecule has 0 saturated carbocycles. The Bertz CT molecular complexity index is 283. The summed E-state index contributed by atoms with van der Waals surface area (Å²) in [5.74, 6) is -0.838. The van der Waals surface area contributed by atoms with Crippen LogP contribution in [-0.2, 0) is 22.6 Å². The Morgan fingerprint density at radius 3 is 3.08 bits per heavy atom. The van der Waals surface area contributed by atoms with E-state index in [-0.39, 0.29) is 6.54 Å². The second kappa shape index (κ2) is 4.61. The molecule has 1 aromatic rings. The van der Waals surface area contributed by atoms with Crippen molar-refractivity contribution in [3.05, 3.63) is 18.7 Å². The predicted molar refractivity (Wildman–Crippen MR) is 44.1 cm³/mol. The van der Waals surface area contributed by atoms with Crippen LogP contribution in [0.25, 0.3) is 0 Å². The van der Waals surface area contributed by atoms with Crippen molar-refractivity contribution in [3.63, 3.8) is 0 Å². The number of nitrogens with zero attached hydrogens (tertiary/aromatic N) is 2. The first kappa shape index (κ1) is 9.73. The standard InChI is InChI=1S/C8H12N2O3/c1-13-5-4-9-2-3-10(7-9)6-8(11)12/h2-3,7H,4-6H2,1H3/p+1. The molecule has 13 heavy (non-hydrogen) atoms. The fraction of sp³-hybridized carbons (Fsp3) is 0.500. The monoisotopic (exact) mass is 185 g/mol. The number of imidazole rings is 1. The highest BCUT2D eigenvalue weighted by molar-refractivity contribution is 5.64. The third-order valence-electron chi connectivity index (χ3n) is 1.62. The van der Waals surface area contributed by atoms with E-state index in [0.29, 0.717) is 6.61 Å². The number of aliphatic carboxylic acids is 1. The van der Waals surface area contributed by atoms with E-state index in [1.54, 1.807) is 24.2 Å². The van der Waals surface area contributed by atoms with Crippen molar-refractivity contribution in [2.45, 2.75) is 13.1 Å². The molecule has 0 aliphatic heterocycles. The topological polar surface area (TPSA) is 55.3 Å². The van der Waals surface area contributed by atoms with Crippen LogP contribution in [0.15, 0.2) is 18.7 Å². The largest absolute Gasteiger partial charge is 0.478 e. The number of carboxylic acids is 1. The lowest BCUT2D eigenvalue weighted by molar-refractivity contribution is -0.685. The third-order valence-corrected chi connectivity index (χ3v) is 1.62. The van der Waals surface area contributed by atoms with Gasteiger partial charge in [-0.05, 0) is 0 Å². The molecule has 0 aromatic carbocycles. The van der Waals surface area contributed by atoms with Crippen molar-refractivity contribution >= 4 is 5.97 Å². The van der Waals surface area contributed by atoms with Gasteiger partial charge in [0.05, 0.1) is 6.61 Å². The Balaban J connectivity index is 2.48. The van der Waals surface area contributed by atoms with Crippen LogP contribution in [0.2, 0.25) is 0 Å². The minimum absolute atomic E-state index is 0.0000177. The van der Waals surface area contributed by atoms with Gasteiger partial charge in [-0.25, -0.2) is 13.9 Å². The van der Waals surface area contributed by atoms with E-state index < -0.39 is 5.97 Å².